The van der Waals surface area contributed by atoms with Crippen LogP contribution in [-0.2, 0) is 0 Å². The van der Waals surface area contributed by atoms with Gasteiger partial charge < -0.3 is 10.4 Å². The van der Waals surface area contributed by atoms with Gasteiger partial charge in [0.2, 0.25) is 0 Å². The first kappa shape index (κ1) is 8.81. The lowest BCUT2D eigenvalue weighted by molar-refractivity contribution is 0.343. The summed E-state index contributed by atoms with van der Waals surface area (Å²) in [6, 6.07) is 7.94. The van der Waals surface area contributed by atoms with Gasteiger partial charge in [-0.05, 0) is 11.6 Å². The van der Waals surface area contributed by atoms with E-state index in [1.165, 1.54) is 0 Å². The largest absolute Gasteiger partial charge is 0.392 e. The van der Waals surface area contributed by atoms with E-state index in [9.17, 15) is 0 Å². The highest BCUT2D eigenvalue weighted by Gasteiger charge is 1.92. The van der Waals surface area contributed by atoms with Crippen molar-refractivity contribution in [1.29, 1.82) is 0 Å². The average molecular weight is 163 g/mol. The predicted molar refractivity (Wildman–Crippen MR) is 52.1 cm³/mol. The number of hydrogen-bond donors (Lipinski definition) is 2. The molecule has 0 saturated heterocycles. The number of para-hydroxylation sites is 1. The van der Waals surface area contributed by atoms with E-state index < -0.39 is 0 Å². The fourth-order valence-electron chi connectivity index (χ4n) is 1.05. The number of nitrogens with one attached hydrogen (secondary N) is 1. The number of benzene rings is 1. The number of aliphatic hydroxyl groups is 1. The summed E-state index contributed by atoms with van der Waals surface area (Å²) in [6.07, 6.45) is 3.61. The predicted octanol–water partition coefficient (Wildman–Crippen LogP) is 1.73. The Morgan fingerprint density at radius 1 is 1.42 bits per heavy atom. The SMILES string of the molecule is CNc1ccccc1/C=C/CO. The highest BCUT2D eigenvalue weighted by Crippen LogP contribution is 2.15. The number of rotatable bonds is 3. The second-order valence-electron chi connectivity index (χ2n) is 2.42. The third kappa shape index (κ3) is 2.10. The molecule has 64 valence electrons. The van der Waals surface area contributed by atoms with E-state index in [0.29, 0.717) is 0 Å². The minimum Gasteiger partial charge on any atom is -0.392 e. The molecule has 0 aliphatic heterocycles. The first-order valence-electron chi connectivity index (χ1n) is 3.92. The van der Waals surface area contributed by atoms with Crippen molar-refractivity contribution in [2.24, 2.45) is 0 Å². The van der Waals surface area contributed by atoms with Crippen molar-refractivity contribution in [2.45, 2.75) is 0 Å². The second-order valence-corrected chi connectivity index (χ2v) is 2.42. The van der Waals surface area contributed by atoms with Crippen molar-refractivity contribution in [3.05, 3.63) is 35.9 Å². The number of anilines is 1. The van der Waals surface area contributed by atoms with Gasteiger partial charge in [-0.1, -0.05) is 30.4 Å². The lowest BCUT2D eigenvalue weighted by Gasteiger charge is -2.03. The van der Waals surface area contributed by atoms with Crippen LogP contribution in [0.1, 0.15) is 5.56 Å². The first-order chi connectivity index (χ1) is 5.88. The Bertz CT molecular complexity index is 268. The highest BCUT2D eigenvalue weighted by molar-refractivity contribution is 5.66. The summed E-state index contributed by atoms with van der Waals surface area (Å²) in [4.78, 5) is 0. The molecule has 2 N–H and O–H groups in total. The average Bonchev–Trinajstić information content (AvgIpc) is 2.15. The van der Waals surface area contributed by atoms with E-state index in [1.807, 2.05) is 37.4 Å². The van der Waals surface area contributed by atoms with Crippen LogP contribution in [0.4, 0.5) is 5.69 Å². The molecule has 0 spiro atoms. The maximum absolute atomic E-state index is 8.58. The maximum Gasteiger partial charge on any atom is 0.0615 e. The monoisotopic (exact) mass is 163 g/mol. The van der Waals surface area contributed by atoms with Crippen LogP contribution in [0.2, 0.25) is 0 Å². The molecular weight excluding hydrogens is 150 g/mol. The Labute approximate surface area is 72.5 Å². The smallest absolute Gasteiger partial charge is 0.0615 e. The van der Waals surface area contributed by atoms with Crippen molar-refractivity contribution in [2.75, 3.05) is 19.0 Å². The quantitative estimate of drug-likeness (QED) is 0.711. The zero-order valence-electron chi connectivity index (χ0n) is 7.12. The van der Waals surface area contributed by atoms with Crippen LogP contribution >= 0.6 is 0 Å². The molecular formula is C10H13NO. The summed E-state index contributed by atoms with van der Waals surface area (Å²) >= 11 is 0. The molecule has 0 radical (unpaired) electrons. The van der Waals surface area contributed by atoms with E-state index >= 15 is 0 Å². The lowest BCUT2D eigenvalue weighted by atomic mass is 10.1. The van der Waals surface area contributed by atoms with Crippen LogP contribution in [0.5, 0.6) is 0 Å². The lowest BCUT2D eigenvalue weighted by Crippen LogP contribution is -1.90. The van der Waals surface area contributed by atoms with Gasteiger partial charge in [-0.3, -0.25) is 0 Å². The second kappa shape index (κ2) is 4.57. The Balaban J connectivity index is 2.89. The molecule has 0 amide bonds. The van der Waals surface area contributed by atoms with Crippen molar-refractivity contribution in [1.82, 2.24) is 0 Å². The van der Waals surface area contributed by atoms with E-state index in [2.05, 4.69) is 5.32 Å². The van der Waals surface area contributed by atoms with Gasteiger partial charge in [-0.2, -0.15) is 0 Å². The molecule has 0 bridgehead atoms. The van der Waals surface area contributed by atoms with Crippen molar-refractivity contribution < 1.29 is 5.11 Å². The fourth-order valence-corrected chi connectivity index (χ4v) is 1.05. The molecule has 0 unspecified atom stereocenters. The number of aliphatic hydroxyl groups excluding tert-OH is 1. The molecule has 2 heteroatoms. The van der Waals surface area contributed by atoms with Crippen LogP contribution in [0.15, 0.2) is 30.3 Å². The van der Waals surface area contributed by atoms with Crippen LogP contribution in [0.25, 0.3) is 6.08 Å². The van der Waals surface area contributed by atoms with Crippen LogP contribution in [0, 0.1) is 0 Å². The topological polar surface area (TPSA) is 32.3 Å². The summed E-state index contributed by atoms with van der Waals surface area (Å²) < 4.78 is 0. The first-order valence-corrected chi connectivity index (χ1v) is 3.92. The Morgan fingerprint density at radius 3 is 2.83 bits per heavy atom. The molecule has 0 saturated carbocycles. The Morgan fingerprint density at radius 2 is 2.17 bits per heavy atom. The number of hydrogen-bond acceptors (Lipinski definition) is 2. The van der Waals surface area contributed by atoms with Crippen molar-refractivity contribution in [3.8, 4) is 0 Å². The van der Waals surface area contributed by atoms with Crippen molar-refractivity contribution >= 4 is 11.8 Å². The summed E-state index contributed by atoms with van der Waals surface area (Å²) in [5, 5.41) is 11.7. The van der Waals surface area contributed by atoms with Crippen LogP contribution in [0.3, 0.4) is 0 Å². The van der Waals surface area contributed by atoms with Gasteiger partial charge in [0.25, 0.3) is 0 Å². The molecule has 1 rings (SSSR count). The fraction of sp³-hybridized carbons (Fsp3) is 0.200. The van der Waals surface area contributed by atoms with Crippen LogP contribution in [-0.4, -0.2) is 18.8 Å². The molecule has 2 nitrogen and oxygen atoms in total. The zero-order valence-corrected chi connectivity index (χ0v) is 7.12. The summed E-state index contributed by atoms with van der Waals surface area (Å²) in [7, 11) is 1.88. The van der Waals surface area contributed by atoms with Gasteiger partial charge in [0, 0.05) is 12.7 Å². The molecule has 0 aliphatic rings. The minimum absolute atomic E-state index is 0.0814. The molecule has 0 aromatic heterocycles. The third-order valence-corrected chi connectivity index (χ3v) is 1.63. The molecule has 0 aliphatic carbocycles. The van der Waals surface area contributed by atoms with Crippen molar-refractivity contribution in [3.63, 3.8) is 0 Å². The molecule has 0 fully saturated rings. The maximum atomic E-state index is 8.58. The Kier molecular flexibility index (Phi) is 3.35. The molecule has 1 aromatic rings. The van der Waals surface area contributed by atoms with Gasteiger partial charge in [0.05, 0.1) is 6.61 Å². The van der Waals surface area contributed by atoms with E-state index in [-0.39, 0.29) is 6.61 Å². The molecule has 12 heavy (non-hydrogen) atoms. The zero-order chi connectivity index (χ0) is 8.81. The van der Waals surface area contributed by atoms with E-state index in [1.54, 1.807) is 6.08 Å². The van der Waals surface area contributed by atoms with E-state index in [0.717, 1.165) is 11.3 Å². The summed E-state index contributed by atoms with van der Waals surface area (Å²) in [6.45, 7) is 0.0814. The normalized spacial score (nSPS) is 10.5. The van der Waals surface area contributed by atoms with Gasteiger partial charge in [-0.15, -0.1) is 0 Å². The Hall–Kier alpha value is -1.28. The molecule has 0 atom stereocenters. The standard InChI is InChI=1S/C10H13NO/c1-11-10-7-3-2-5-9(10)6-4-8-12/h2-7,11-12H,8H2,1H3/b6-4+. The van der Waals surface area contributed by atoms with Gasteiger partial charge >= 0.3 is 0 Å². The van der Waals surface area contributed by atoms with Gasteiger partial charge in [0.15, 0.2) is 0 Å². The van der Waals surface area contributed by atoms with Gasteiger partial charge in [-0.25, -0.2) is 0 Å². The van der Waals surface area contributed by atoms with E-state index in [4.69, 9.17) is 5.11 Å². The molecule has 1 aromatic carbocycles. The highest BCUT2D eigenvalue weighted by atomic mass is 16.2. The minimum atomic E-state index is 0.0814. The summed E-state index contributed by atoms with van der Waals surface area (Å²) in [5.74, 6) is 0. The summed E-state index contributed by atoms with van der Waals surface area (Å²) in [5.41, 5.74) is 2.16. The van der Waals surface area contributed by atoms with Gasteiger partial charge in [0.1, 0.15) is 0 Å². The molecule has 0 heterocycles. The third-order valence-electron chi connectivity index (χ3n) is 1.63. The van der Waals surface area contributed by atoms with Crippen LogP contribution < -0.4 is 5.32 Å².